The highest BCUT2D eigenvalue weighted by molar-refractivity contribution is 9.10. The lowest BCUT2D eigenvalue weighted by Crippen LogP contribution is -2.52. The van der Waals surface area contributed by atoms with Gasteiger partial charge in [-0.1, -0.05) is 39.7 Å². The summed E-state index contributed by atoms with van der Waals surface area (Å²) in [5, 5.41) is 0.172. The van der Waals surface area contributed by atoms with E-state index < -0.39 is 10.0 Å². The van der Waals surface area contributed by atoms with Crippen molar-refractivity contribution in [3.05, 3.63) is 39.8 Å². The molecule has 0 radical (unpaired) electrons. The van der Waals surface area contributed by atoms with Crippen molar-refractivity contribution in [3.8, 4) is 0 Å². The van der Waals surface area contributed by atoms with Gasteiger partial charge in [-0.15, -0.1) is 0 Å². The first kappa shape index (κ1) is 21.0. The van der Waals surface area contributed by atoms with Gasteiger partial charge in [0, 0.05) is 30.7 Å². The number of allylic oxidation sites excluding steroid dienone is 2. The predicted molar refractivity (Wildman–Crippen MR) is 112 cm³/mol. The second kappa shape index (κ2) is 8.11. The van der Waals surface area contributed by atoms with Crippen LogP contribution in [0.3, 0.4) is 0 Å². The number of fused-ring (bicyclic) bond motifs is 1. The summed E-state index contributed by atoms with van der Waals surface area (Å²) >= 11 is 9.41. The number of imide groups is 1. The number of carbonyl (C=O) groups excluding carboxylic acids is 2. The van der Waals surface area contributed by atoms with E-state index in [0.717, 1.165) is 0 Å². The van der Waals surface area contributed by atoms with Crippen molar-refractivity contribution in [3.63, 3.8) is 0 Å². The second-order valence-corrected chi connectivity index (χ2v) is 10.7. The predicted octanol–water partition coefficient (Wildman–Crippen LogP) is 2.32. The highest BCUT2D eigenvalue weighted by Crippen LogP contribution is 2.35. The van der Waals surface area contributed by atoms with Crippen LogP contribution in [0, 0.1) is 11.8 Å². The van der Waals surface area contributed by atoms with Gasteiger partial charge in [-0.2, -0.15) is 4.31 Å². The highest BCUT2D eigenvalue weighted by atomic mass is 79.9. The summed E-state index contributed by atoms with van der Waals surface area (Å²) < 4.78 is 28.0. The Labute approximate surface area is 183 Å². The van der Waals surface area contributed by atoms with Crippen LogP contribution in [-0.2, 0) is 19.6 Å². The molecule has 7 nitrogen and oxygen atoms in total. The normalized spacial score (nSPS) is 26.2. The van der Waals surface area contributed by atoms with Crippen LogP contribution in [0.1, 0.15) is 12.8 Å². The Balaban J connectivity index is 1.40. The average molecular weight is 503 g/mol. The molecule has 3 aliphatic rings. The van der Waals surface area contributed by atoms with Crippen molar-refractivity contribution in [2.24, 2.45) is 11.8 Å². The lowest BCUT2D eigenvalue weighted by molar-refractivity contribution is -0.142. The van der Waals surface area contributed by atoms with Crippen molar-refractivity contribution in [1.82, 2.24) is 14.1 Å². The summed E-state index contributed by atoms with van der Waals surface area (Å²) in [7, 11) is -3.70. The molecule has 2 aliphatic heterocycles. The van der Waals surface area contributed by atoms with Crippen LogP contribution >= 0.6 is 27.5 Å². The fourth-order valence-corrected chi connectivity index (χ4v) is 6.58. The number of piperazine rings is 1. The molecule has 2 saturated heterocycles. The van der Waals surface area contributed by atoms with Crippen molar-refractivity contribution in [1.29, 1.82) is 0 Å². The Morgan fingerprint density at radius 3 is 2.14 bits per heavy atom. The molecule has 0 unspecified atom stereocenters. The van der Waals surface area contributed by atoms with Crippen LogP contribution in [0.2, 0.25) is 5.02 Å². The molecule has 0 N–H and O–H groups in total. The largest absolute Gasteiger partial charge is 0.283 e. The molecule has 2 heterocycles. The molecule has 0 bridgehead atoms. The molecular weight excluding hydrogens is 482 g/mol. The zero-order valence-electron chi connectivity index (χ0n) is 15.6. The smallest absolute Gasteiger partial charge is 0.244 e. The highest BCUT2D eigenvalue weighted by Gasteiger charge is 2.47. The molecule has 1 aliphatic carbocycles. The van der Waals surface area contributed by atoms with Gasteiger partial charge in [-0.05, 0) is 31.0 Å². The Morgan fingerprint density at radius 2 is 1.59 bits per heavy atom. The van der Waals surface area contributed by atoms with Gasteiger partial charge >= 0.3 is 0 Å². The van der Waals surface area contributed by atoms with E-state index in [1.165, 1.54) is 15.3 Å². The Kier molecular flexibility index (Phi) is 5.87. The average Bonchev–Trinajstić information content (AvgIpc) is 2.93. The molecule has 2 atom stereocenters. The maximum atomic E-state index is 12.9. The standard InChI is InChI=1S/C19H21BrClN3O4S/c20-13-5-6-17(16(21)11-13)29(27,28)23-9-7-22(8-10-23)12-24-18(25)14-3-1-2-4-15(14)19(24)26/h1-2,5-6,11,14-15H,3-4,7-10,12H2/t14-,15-/m1/s1. The second-order valence-electron chi connectivity index (χ2n) is 7.50. The van der Waals surface area contributed by atoms with E-state index in [0.29, 0.717) is 30.4 Å². The van der Waals surface area contributed by atoms with Gasteiger partial charge in [-0.25, -0.2) is 8.42 Å². The summed E-state index contributed by atoms with van der Waals surface area (Å²) in [5.74, 6) is -0.704. The first-order valence-electron chi connectivity index (χ1n) is 9.47. The minimum Gasteiger partial charge on any atom is -0.283 e. The molecule has 0 aromatic heterocycles. The molecule has 10 heteroatoms. The molecule has 0 spiro atoms. The fourth-order valence-electron chi connectivity index (χ4n) is 4.14. The number of nitrogens with zero attached hydrogens (tertiary/aromatic N) is 3. The van der Waals surface area contributed by atoms with Crippen LogP contribution in [0.15, 0.2) is 39.7 Å². The third kappa shape index (κ3) is 3.90. The van der Waals surface area contributed by atoms with Crippen molar-refractivity contribution in [2.75, 3.05) is 32.8 Å². The van der Waals surface area contributed by atoms with Gasteiger partial charge in [0.25, 0.3) is 0 Å². The number of carbonyl (C=O) groups is 2. The summed E-state index contributed by atoms with van der Waals surface area (Å²) in [4.78, 5) is 28.6. The fraction of sp³-hybridized carbons (Fsp3) is 0.474. The Morgan fingerprint density at radius 1 is 1.00 bits per heavy atom. The molecule has 1 aromatic carbocycles. The first-order chi connectivity index (χ1) is 13.8. The van der Waals surface area contributed by atoms with Gasteiger partial charge in [-0.3, -0.25) is 19.4 Å². The van der Waals surface area contributed by atoms with E-state index in [-0.39, 0.29) is 53.3 Å². The number of hydrogen-bond donors (Lipinski definition) is 0. The first-order valence-corrected chi connectivity index (χ1v) is 12.1. The van der Waals surface area contributed by atoms with Gasteiger partial charge < -0.3 is 0 Å². The molecular formula is C19H21BrClN3O4S. The molecule has 1 aromatic rings. The van der Waals surface area contributed by atoms with Crippen molar-refractivity contribution in [2.45, 2.75) is 17.7 Å². The van der Waals surface area contributed by atoms with Gasteiger partial charge in [0.2, 0.25) is 21.8 Å². The summed E-state index contributed by atoms with van der Waals surface area (Å²) in [6, 6.07) is 4.70. The molecule has 2 amide bonds. The Hall–Kier alpha value is -1.26. The molecule has 29 heavy (non-hydrogen) atoms. The number of hydrogen-bond acceptors (Lipinski definition) is 5. The number of likely N-dealkylation sites (tertiary alicyclic amines) is 1. The third-order valence-electron chi connectivity index (χ3n) is 5.78. The monoisotopic (exact) mass is 501 g/mol. The lowest BCUT2D eigenvalue weighted by Gasteiger charge is -2.35. The van der Waals surface area contributed by atoms with Crippen LogP contribution in [0.25, 0.3) is 0 Å². The minimum atomic E-state index is -3.70. The number of benzene rings is 1. The molecule has 156 valence electrons. The minimum absolute atomic E-state index is 0.0808. The van der Waals surface area contributed by atoms with E-state index in [1.54, 1.807) is 12.1 Å². The summed E-state index contributed by atoms with van der Waals surface area (Å²) in [6.45, 7) is 1.66. The summed E-state index contributed by atoms with van der Waals surface area (Å²) in [5.41, 5.74) is 0. The van der Waals surface area contributed by atoms with Crippen LogP contribution < -0.4 is 0 Å². The van der Waals surface area contributed by atoms with E-state index in [1.807, 2.05) is 17.1 Å². The van der Waals surface area contributed by atoms with E-state index in [9.17, 15) is 18.0 Å². The molecule has 0 saturated carbocycles. The van der Waals surface area contributed by atoms with Crippen molar-refractivity contribution < 1.29 is 18.0 Å². The zero-order chi connectivity index (χ0) is 20.8. The van der Waals surface area contributed by atoms with E-state index in [4.69, 9.17) is 11.6 Å². The SMILES string of the molecule is O=C1[C@@H]2CC=CC[C@H]2C(=O)N1CN1CCN(S(=O)(=O)c2ccc(Br)cc2Cl)CC1. The quantitative estimate of drug-likeness (QED) is 0.466. The van der Waals surface area contributed by atoms with E-state index >= 15 is 0 Å². The summed E-state index contributed by atoms with van der Waals surface area (Å²) in [6.07, 6.45) is 5.16. The van der Waals surface area contributed by atoms with Crippen LogP contribution in [-0.4, -0.2) is 67.2 Å². The van der Waals surface area contributed by atoms with Crippen LogP contribution in [0.4, 0.5) is 0 Å². The number of sulfonamides is 1. The van der Waals surface area contributed by atoms with Crippen molar-refractivity contribution >= 4 is 49.4 Å². The van der Waals surface area contributed by atoms with Gasteiger partial charge in [0.1, 0.15) is 4.90 Å². The number of rotatable bonds is 4. The maximum absolute atomic E-state index is 12.9. The van der Waals surface area contributed by atoms with Gasteiger partial charge in [0.15, 0.2) is 0 Å². The van der Waals surface area contributed by atoms with Crippen LogP contribution in [0.5, 0.6) is 0 Å². The number of amides is 2. The Bertz CT molecular complexity index is 950. The lowest BCUT2D eigenvalue weighted by atomic mass is 9.85. The maximum Gasteiger partial charge on any atom is 0.244 e. The van der Waals surface area contributed by atoms with E-state index in [2.05, 4.69) is 15.9 Å². The zero-order valence-corrected chi connectivity index (χ0v) is 18.8. The topological polar surface area (TPSA) is 78.0 Å². The molecule has 2 fully saturated rings. The third-order valence-corrected chi connectivity index (χ3v) is 8.66. The van der Waals surface area contributed by atoms with Gasteiger partial charge in [0.05, 0.1) is 23.5 Å². The number of halogens is 2. The molecule has 4 rings (SSSR count).